The van der Waals surface area contributed by atoms with Gasteiger partial charge in [-0.05, 0) is 31.5 Å². The lowest BCUT2D eigenvalue weighted by molar-refractivity contribution is 0.389. The Labute approximate surface area is 146 Å². The van der Waals surface area contributed by atoms with E-state index < -0.39 is 0 Å². The van der Waals surface area contributed by atoms with Crippen molar-refractivity contribution in [2.24, 2.45) is 0 Å². The molecule has 0 saturated heterocycles. The first-order chi connectivity index (χ1) is 12.0. The normalized spacial score (nSPS) is 14.0. The number of hydrogen-bond donors (Lipinski definition) is 2. The summed E-state index contributed by atoms with van der Waals surface area (Å²) in [5, 5.41) is 11.2. The molecule has 0 atom stereocenters. The minimum absolute atomic E-state index is 0.169. The van der Waals surface area contributed by atoms with Crippen molar-refractivity contribution < 1.29 is 5.11 Å². The number of aryl methyl sites for hydroxylation is 2. The van der Waals surface area contributed by atoms with Gasteiger partial charge >= 0.3 is 0 Å². The van der Waals surface area contributed by atoms with Gasteiger partial charge in [-0.2, -0.15) is 4.98 Å². The summed E-state index contributed by atoms with van der Waals surface area (Å²) in [7, 11) is 0. The molecule has 0 saturated carbocycles. The van der Waals surface area contributed by atoms with E-state index in [1.165, 1.54) is 0 Å². The minimum Gasteiger partial charge on any atom is -0.509 e. The van der Waals surface area contributed by atoms with E-state index in [1.54, 1.807) is 11.3 Å². The fourth-order valence-electron chi connectivity index (χ4n) is 3.37. The average Bonchev–Trinajstić information content (AvgIpc) is 3.22. The summed E-state index contributed by atoms with van der Waals surface area (Å²) in [6.07, 6.45) is 0. The smallest absolute Gasteiger partial charge is 0.282 e. The van der Waals surface area contributed by atoms with Crippen LogP contribution in [0.15, 0.2) is 34.8 Å². The van der Waals surface area contributed by atoms with Gasteiger partial charge in [0.2, 0.25) is 0 Å². The number of imidazole rings is 1. The predicted octanol–water partition coefficient (Wildman–Crippen LogP) is 3.28. The van der Waals surface area contributed by atoms with Gasteiger partial charge in [-0.1, -0.05) is 12.1 Å². The summed E-state index contributed by atoms with van der Waals surface area (Å²) in [6, 6.07) is 7.66. The summed E-state index contributed by atoms with van der Waals surface area (Å²) in [5.41, 5.74) is 2.89. The molecule has 0 unspecified atom stereocenters. The van der Waals surface area contributed by atoms with Crippen molar-refractivity contribution in [2.45, 2.75) is 20.4 Å². The first-order valence-corrected chi connectivity index (χ1v) is 8.74. The fourth-order valence-corrected chi connectivity index (χ4v) is 4.52. The van der Waals surface area contributed by atoms with Gasteiger partial charge < -0.3 is 14.7 Å². The number of nitrogens with one attached hydrogen (secondary N) is 1. The van der Waals surface area contributed by atoms with Crippen LogP contribution in [0.25, 0.3) is 26.8 Å². The molecule has 1 aromatic carbocycles. The van der Waals surface area contributed by atoms with Crippen LogP contribution in [0.1, 0.15) is 22.1 Å². The van der Waals surface area contributed by atoms with Gasteiger partial charge in [0.25, 0.3) is 5.56 Å². The number of aromatic amines is 1. The number of H-pyrrole nitrogens is 1. The molecule has 4 heterocycles. The van der Waals surface area contributed by atoms with E-state index in [4.69, 9.17) is 0 Å². The summed E-state index contributed by atoms with van der Waals surface area (Å²) in [6.45, 7) is 4.23. The highest BCUT2D eigenvalue weighted by atomic mass is 32.1. The summed E-state index contributed by atoms with van der Waals surface area (Å²) in [4.78, 5) is 26.5. The number of aliphatic hydroxyl groups is 1. The summed E-state index contributed by atoms with van der Waals surface area (Å²) in [5.74, 6) is 1.17. The van der Waals surface area contributed by atoms with E-state index in [9.17, 15) is 9.90 Å². The number of aromatic nitrogens is 4. The monoisotopic (exact) mass is 350 g/mol. The Morgan fingerprint density at radius 1 is 1.24 bits per heavy atom. The van der Waals surface area contributed by atoms with Crippen LogP contribution in [0.2, 0.25) is 0 Å². The molecule has 0 amide bonds. The van der Waals surface area contributed by atoms with Crippen LogP contribution in [-0.4, -0.2) is 24.6 Å². The van der Waals surface area contributed by atoms with Crippen molar-refractivity contribution in [1.29, 1.82) is 0 Å². The average molecular weight is 350 g/mol. The van der Waals surface area contributed by atoms with E-state index >= 15 is 0 Å². The number of hydrogen-bond acceptors (Lipinski definition) is 5. The summed E-state index contributed by atoms with van der Waals surface area (Å²) >= 11 is 1.56. The van der Waals surface area contributed by atoms with Gasteiger partial charge in [0.05, 0.1) is 28.5 Å². The van der Waals surface area contributed by atoms with Crippen molar-refractivity contribution >= 4 is 38.2 Å². The summed E-state index contributed by atoms with van der Waals surface area (Å²) < 4.78 is 1.90. The molecular weight excluding hydrogens is 336 g/mol. The number of aliphatic hydroxyl groups excluding tert-OH is 1. The largest absolute Gasteiger partial charge is 0.509 e. The molecule has 0 bridgehead atoms. The van der Waals surface area contributed by atoms with Gasteiger partial charge in [0, 0.05) is 4.88 Å². The van der Waals surface area contributed by atoms with Crippen LogP contribution in [-0.2, 0) is 6.54 Å². The van der Waals surface area contributed by atoms with E-state index in [1.807, 2.05) is 42.7 Å². The quantitative estimate of drug-likeness (QED) is 0.552. The second-order valence-corrected chi connectivity index (χ2v) is 7.42. The highest BCUT2D eigenvalue weighted by Crippen LogP contribution is 2.35. The zero-order chi connectivity index (χ0) is 17.3. The van der Waals surface area contributed by atoms with Gasteiger partial charge in [-0.3, -0.25) is 4.79 Å². The number of thiophene rings is 1. The van der Waals surface area contributed by atoms with E-state index in [2.05, 4.69) is 15.0 Å². The van der Waals surface area contributed by atoms with Crippen molar-refractivity contribution in [3.05, 3.63) is 62.5 Å². The first kappa shape index (κ1) is 14.4. The van der Waals surface area contributed by atoms with Gasteiger partial charge in [-0.15, -0.1) is 11.3 Å². The Kier molecular flexibility index (Phi) is 2.77. The third kappa shape index (κ3) is 1.87. The lowest BCUT2D eigenvalue weighted by atomic mass is 10.2. The number of nitrogens with zero attached hydrogens (tertiary/aromatic N) is 3. The molecule has 0 aliphatic carbocycles. The Morgan fingerprint density at radius 3 is 2.84 bits per heavy atom. The number of allylic oxidation sites excluding steroid dienone is 1. The van der Waals surface area contributed by atoms with E-state index in [0.717, 1.165) is 26.3 Å². The Balaban J connectivity index is 1.81. The standard InChI is InChI=1S/C18H14N4O2S/c1-8-9(2)25-18-13(8)17(24)21-16-14(12(23)7-22(16)18)15-19-10-5-3-4-6-11(10)20-15/h3-6,23H,7H2,1-2H3,(H,19,20). The molecule has 2 N–H and O–H groups in total. The highest BCUT2D eigenvalue weighted by molar-refractivity contribution is 7.18. The molecule has 1 aliphatic rings. The molecule has 4 aromatic rings. The number of rotatable bonds is 1. The van der Waals surface area contributed by atoms with Crippen LogP contribution in [0.4, 0.5) is 0 Å². The Bertz CT molecular complexity index is 1240. The van der Waals surface area contributed by atoms with Gasteiger partial charge in [0.15, 0.2) is 5.82 Å². The molecule has 124 valence electrons. The topological polar surface area (TPSA) is 83.8 Å². The molecular formula is C18H14N4O2S. The third-order valence-electron chi connectivity index (χ3n) is 4.74. The van der Waals surface area contributed by atoms with Gasteiger partial charge in [-0.25, -0.2) is 4.98 Å². The van der Waals surface area contributed by atoms with Crippen molar-refractivity contribution in [1.82, 2.24) is 19.5 Å². The Morgan fingerprint density at radius 2 is 2.04 bits per heavy atom. The fraction of sp³-hybridized carbons (Fsp3) is 0.167. The predicted molar refractivity (Wildman–Crippen MR) is 98.1 cm³/mol. The molecule has 7 heteroatoms. The SMILES string of the molecule is Cc1sc2c(c1C)c(=O)nc1n2CC(O)=C1c1nc2ccccc2[nH]1. The third-order valence-corrected chi connectivity index (χ3v) is 5.97. The molecule has 0 spiro atoms. The van der Waals surface area contributed by atoms with Crippen molar-refractivity contribution in [3.8, 4) is 0 Å². The number of benzene rings is 1. The molecule has 6 nitrogen and oxygen atoms in total. The lowest BCUT2D eigenvalue weighted by Gasteiger charge is -2.05. The highest BCUT2D eigenvalue weighted by Gasteiger charge is 2.29. The molecule has 1 aliphatic heterocycles. The number of fused-ring (bicyclic) bond motifs is 4. The van der Waals surface area contributed by atoms with Gasteiger partial charge in [0.1, 0.15) is 16.4 Å². The van der Waals surface area contributed by atoms with Crippen molar-refractivity contribution in [3.63, 3.8) is 0 Å². The molecule has 0 radical (unpaired) electrons. The van der Waals surface area contributed by atoms with Crippen LogP contribution in [0.5, 0.6) is 0 Å². The second kappa shape index (κ2) is 4.80. The zero-order valence-electron chi connectivity index (χ0n) is 13.6. The maximum atomic E-state index is 12.6. The van der Waals surface area contributed by atoms with Crippen LogP contribution >= 0.6 is 11.3 Å². The van der Waals surface area contributed by atoms with E-state index in [0.29, 0.717) is 29.2 Å². The molecule has 5 rings (SSSR count). The first-order valence-electron chi connectivity index (χ1n) is 7.92. The van der Waals surface area contributed by atoms with Crippen molar-refractivity contribution in [2.75, 3.05) is 0 Å². The maximum absolute atomic E-state index is 12.6. The van der Waals surface area contributed by atoms with Crippen LogP contribution in [0.3, 0.4) is 0 Å². The molecule has 0 fully saturated rings. The maximum Gasteiger partial charge on any atom is 0.282 e. The van der Waals surface area contributed by atoms with E-state index in [-0.39, 0.29) is 11.3 Å². The minimum atomic E-state index is -0.258. The van der Waals surface area contributed by atoms with Crippen LogP contribution in [0, 0.1) is 13.8 Å². The number of para-hydroxylation sites is 2. The Hall–Kier alpha value is -2.93. The molecule has 25 heavy (non-hydrogen) atoms. The lowest BCUT2D eigenvalue weighted by Crippen LogP contribution is -2.15. The van der Waals surface area contributed by atoms with Crippen LogP contribution < -0.4 is 5.56 Å². The second-order valence-electron chi connectivity index (χ2n) is 6.21. The zero-order valence-corrected chi connectivity index (χ0v) is 14.4. The molecule has 3 aromatic heterocycles.